The molecule has 0 aromatic carbocycles. The molecule has 0 fully saturated rings. The van der Waals surface area contributed by atoms with E-state index in [1.165, 1.54) is 22.7 Å². The van der Waals surface area contributed by atoms with Crippen molar-refractivity contribution in [2.45, 2.75) is 6.92 Å². The smallest absolute Gasteiger partial charge is 0.266 e. The van der Waals surface area contributed by atoms with Crippen molar-refractivity contribution in [2.75, 3.05) is 5.32 Å². The van der Waals surface area contributed by atoms with Crippen LogP contribution >= 0.6 is 22.7 Å². The quantitative estimate of drug-likeness (QED) is 0.895. The predicted octanol–water partition coefficient (Wildman–Crippen LogP) is 2.47. The first kappa shape index (κ1) is 11.8. The van der Waals surface area contributed by atoms with Gasteiger partial charge in [-0.15, -0.1) is 22.7 Å². The first-order valence-corrected chi connectivity index (χ1v) is 6.52. The predicted molar refractivity (Wildman–Crippen MR) is 69.8 cm³/mol. The van der Waals surface area contributed by atoms with Crippen LogP contribution in [0.3, 0.4) is 0 Å². The number of primary amides is 1. The standard InChI is InChI=1S/C11H10N2O2S2/c1-6-5-7(9(12)14)11(17-6)13-10(15)8-3-2-4-16-8/h2-5H,1H3,(H2,12,14)(H,13,15). The van der Waals surface area contributed by atoms with Gasteiger partial charge in [0.05, 0.1) is 10.4 Å². The molecule has 0 aliphatic carbocycles. The van der Waals surface area contributed by atoms with Crippen molar-refractivity contribution in [3.63, 3.8) is 0 Å². The Kier molecular flexibility index (Phi) is 3.26. The molecule has 0 saturated heterocycles. The minimum Gasteiger partial charge on any atom is -0.366 e. The highest BCUT2D eigenvalue weighted by Crippen LogP contribution is 2.28. The van der Waals surface area contributed by atoms with Crippen molar-refractivity contribution in [3.8, 4) is 0 Å². The van der Waals surface area contributed by atoms with Gasteiger partial charge in [-0.05, 0) is 24.4 Å². The van der Waals surface area contributed by atoms with Gasteiger partial charge < -0.3 is 11.1 Å². The van der Waals surface area contributed by atoms with Crippen LogP contribution in [0.2, 0.25) is 0 Å². The number of amides is 2. The fourth-order valence-electron chi connectivity index (χ4n) is 1.36. The van der Waals surface area contributed by atoms with E-state index in [4.69, 9.17) is 5.73 Å². The number of carbonyl (C=O) groups is 2. The van der Waals surface area contributed by atoms with Gasteiger partial charge in [-0.1, -0.05) is 6.07 Å². The van der Waals surface area contributed by atoms with E-state index >= 15 is 0 Å². The van der Waals surface area contributed by atoms with Gasteiger partial charge in [-0.25, -0.2) is 0 Å². The van der Waals surface area contributed by atoms with Crippen LogP contribution < -0.4 is 11.1 Å². The number of nitrogens with one attached hydrogen (secondary N) is 1. The molecule has 0 saturated carbocycles. The van der Waals surface area contributed by atoms with Gasteiger partial charge in [0.1, 0.15) is 5.00 Å². The minimum atomic E-state index is -0.532. The van der Waals surface area contributed by atoms with Gasteiger partial charge in [0, 0.05) is 4.88 Å². The molecule has 2 aromatic heterocycles. The number of nitrogens with two attached hydrogens (primary N) is 1. The first-order chi connectivity index (χ1) is 8.08. The molecule has 0 aliphatic heterocycles. The molecular weight excluding hydrogens is 256 g/mol. The maximum Gasteiger partial charge on any atom is 0.266 e. The summed E-state index contributed by atoms with van der Waals surface area (Å²) in [5.41, 5.74) is 5.60. The highest BCUT2D eigenvalue weighted by molar-refractivity contribution is 7.17. The van der Waals surface area contributed by atoms with E-state index in [-0.39, 0.29) is 5.91 Å². The number of thiophene rings is 2. The van der Waals surface area contributed by atoms with Crippen LogP contribution in [0.5, 0.6) is 0 Å². The molecule has 0 radical (unpaired) electrons. The Morgan fingerprint density at radius 1 is 1.41 bits per heavy atom. The van der Waals surface area contributed by atoms with E-state index in [0.717, 1.165) is 4.88 Å². The second-order valence-electron chi connectivity index (χ2n) is 3.40. The van der Waals surface area contributed by atoms with Crippen molar-refractivity contribution in [2.24, 2.45) is 5.73 Å². The molecule has 88 valence electrons. The fourth-order valence-corrected chi connectivity index (χ4v) is 2.89. The Labute approximate surface area is 106 Å². The number of carbonyl (C=O) groups excluding carboxylic acids is 2. The van der Waals surface area contributed by atoms with E-state index < -0.39 is 5.91 Å². The molecule has 0 atom stereocenters. The largest absolute Gasteiger partial charge is 0.366 e. The lowest BCUT2D eigenvalue weighted by atomic mass is 10.3. The minimum absolute atomic E-state index is 0.218. The van der Waals surface area contributed by atoms with Crippen LogP contribution in [0.4, 0.5) is 5.00 Å². The van der Waals surface area contributed by atoms with Crippen molar-refractivity contribution in [1.82, 2.24) is 0 Å². The third kappa shape index (κ3) is 2.54. The molecule has 6 heteroatoms. The Hall–Kier alpha value is -1.66. The maximum atomic E-state index is 11.8. The summed E-state index contributed by atoms with van der Waals surface area (Å²) in [4.78, 5) is 24.5. The zero-order chi connectivity index (χ0) is 12.4. The summed E-state index contributed by atoms with van der Waals surface area (Å²) in [7, 11) is 0. The first-order valence-electron chi connectivity index (χ1n) is 4.83. The van der Waals surface area contributed by atoms with Gasteiger partial charge in [-0.3, -0.25) is 9.59 Å². The summed E-state index contributed by atoms with van der Waals surface area (Å²) < 4.78 is 0. The van der Waals surface area contributed by atoms with Crippen molar-refractivity contribution in [1.29, 1.82) is 0 Å². The average molecular weight is 266 g/mol. The Balaban J connectivity index is 2.24. The monoisotopic (exact) mass is 266 g/mol. The van der Waals surface area contributed by atoms with E-state index in [2.05, 4.69) is 5.32 Å². The van der Waals surface area contributed by atoms with Gasteiger partial charge in [0.15, 0.2) is 0 Å². The fraction of sp³-hybridized carbons (Fsp3) is 0.0909. The molecule has 2 amide bonds. The molecular formula is C11H10N2O2S2. The summed E-state index contributed by atoms with van der Waals surface area (Å²) in [6.07, 6.45) is 0. The second-order valence-corrected chi connectivity index (χ2v) is 5.60. The molecule has 4 nitrogen and oxygen atoms in total. The lowest BCUT2D eigenvalue weighted by molar-refractivity contribution is 0.100. The normalized spacial score (nSPS) is 10.2. The zero-order valence-electron chi connectivity index (χ0n) is 9.02. The van der Waals surface area contributed by atoms with Crippen LogP contribution in [-0.2, 0) is 0 Å². The second kappa shape index (κ2) is 4.68. The summed E-state index contributed by atoms with van der Waals surface area (Å²) in [6.45, 7) is 1.86. The van der Waals surface area contributed by atoms with Crippen molar-refractivity contribution in [3.05, 3.63) is 38.9 Å². The molecule has 3 N–H and O–H groups in total. The summed E-state index contributed by atoms with van der Waals surface area (Å²) in [5.74, 6) is -0.750. The SMILES string of the molecule is Cc1cc(C(N)=O)c(NC(=O)c2cccs2)s1. The average Bonchev–Trinajstić information content (AvgIpc) is 2.86. The summed E-state index contributed by atoms with van der Waals surface area (Å²) in [6, 6.07) is 5.20. The zero-order valence-corrected chi connectivity index (χ0v) is 10.7. The molecule has 2 heterocycles. The molecule has 2 rings (SSSR count). The molecule has 17 heavy (non-hydrogen) atoms. The number of aryl methyl sites for hydroxylation is 1. The number of anilines is 1. The van der Waals surface area contributed by atoms with Crippen LogP contribution in [0.25, 0.3) is 0 Å². The Bertz CT molecular complexity index is 558. The molecule has 0 unspecified atom stereocenters. The summed E-state index contributed by atoms with van der Waals surface area (Å²) >= 11 is 2.69. The van der Waals surface area contributed by atoms with Gasteiger partial charge in [0.2, 0.25) is 0 Å². The third-order valence-corrected chi connectivity index (χ3v) is 3.93. The molecule has 0 spiro atoms. The molecule has 2 aromatic rings. The number of rotatable bonds is 3. The van der Waals surface area contributed by atoms with Crippen molar-refractivity contribution >= 4 is 39.5 Å². The highest BCUT2D eigenvalue weighted by atomic mass is 32.1. The third-order valence-electron chi connectivity index (χ3n) is 2.09. The van der Waals surface area contributed by atoms with Gasteiger partial charge >= 0.3 is 0 Å². The van der Waals surface area contributed by atoms with E-state index in [0.29, 0.717) is 15.4 Å². The highest BCUT2D eigenvalue weighted by Gasteiger charge is 2.15. The van der Waals surface area contributed by atoms with Crippen LogP contribution in [0.1, 0.15) is 24.9 Å². The topological polar surface area (TPSA) is 72.2 Å². The van der Waals surface area contributed by atoms with E-state index in [1.807, 2.05) is 12.3 Å². The van der Waals surface area contributed by atoms with Crippen LogP contribution in [-0.4, -0.2) is 11.8 Å². The maximum absolute atomic E-state index is 11.8. The van der Waals surface area contributed by atoms with Gasteiger partial charge in [-0.2, -0.15) is 0 Å². The number of hydrogen-bond acceptors (Lipinski definition) is 4. The van der Waals surface area contributed by atoms with Crippen LogP contribution in [0, 0.1) is 6.92 Å². The van der Waals surface area contributed by atoms with E-state index in [9.17, 15) is 9.59 Å². The number of hydrogen-bond donors (Lipinski definition) is 2. The van der Waals surface area contributed by atoms with Crippen molar-refractivity contribution < 1.29 is 9.59 Å². The van der Waals surface area contributed by atoms with E-state index in [1.54, 1.807) is 18.2 Å². The lowest BCUT2D eigenvalue weighted by Crippen LogP contribution is -2.15. The van der Waals surface area contributed by atoms with Gasteiger partial charge in [0.25, 0.3) is 11.8 Å². The Morgan fingerprint density at radius 2 is 2.18 bits per heavy atom. The molecule has 0 bridgehead atoms. The molecule has 0 aliphatic rings. The Morgan fingerprint density at radius 3 is 2.76 bits per heavy atom. The lowest BCUT2D eigenvalue weighted by Gasteiger charge is -2.02. The summed E-state index contributed by atoms with van der Waals surface area (Å²) in [5, 5.41) is 5.04. The van der Waals surface area contributed by atoms with Crippen LogP contribution in [0.15, 0.2) is 23.6 Å².